The summed E-state index contributed by atoms with van der Waals surface area (Å²) in [5.41, 5.74) is 4.13. The maximum Gasteiger partial charge on any atom is 0.240 e. The predicted molar refractivity (Wildman–Crippen MR) is 117 cm³/mol. The van der Waals surface area contributed by atoms with E-state index in [1.165, 1.54) is 0 Å². The lowest BCUT2D eigenvalue weighted by Crippen LogP contribution is -2.19. The summed E-state index contributed by atoms with van der Waals surface area (Å²) in [5, 5.41) is 4.95. The summed E-state index contributed by atoms with van der Waals surface area (Å²) in [4.78, 5) is 11.7. The Bertz CT molecular complexity index is 873. The molecule has 8 heteroatoms. The second-order valence-corrected chi connectivity index (χ2v) is 8.13. The van der Waals surface area contributed by atoms with Gasteiger partial charge in [0.1, 0.15) is 6.61 Å². The molecule has 5 nitrogen and oxygen atoms in total. The van der Waals surface area contributed by atoms with Gasteiger partial charge in [-0.1, -0.05) is 43.1 Å². The number of halogens is 3. The third kappa shape index (κ3) is 6.69. The van der Waals surface area contributed by atoms with E-state index < -0.39 is 0 Å². The molecule has 28 heavy (non-hydrogen) atoms. The summed E-state index contributed by atoms with van der Waals surface area (Å²) >= 11 is 15.5. The van der Waals surface area contributed by atoms with Crippen LogP contribution in [0.25, 0.3) is 0 Å². The molecule has 0 heterocycles. The van der Waals surface area contributed by atoms with Crippen LogP contribution in [0.4, 0.5) is 0 Å². The summed E-state index contributed by atoms with van der Waals surface area (Å²) in [6.07, 6.45) is 1.97. The van der Waals surface area contributed by atoms with E-state index in [9.17, 15) is 4.79 Å². The van der Waals surface area contributed by atoms with Crippen LogP contribution in [0, 0.1) is 5.92 Å². The van der Waals surface area contributed by atoms with Gasteiger partial charge in [0, 0.05) is 6.42 Å². The average Bonchev–Trinajstić information content (AvgIpc) is 2.62. The van der Waals surface area contributed by atoms with Gasteiger partial charge in [0.15, 0.2) is 11.5 Å². The second-order valence-electron chi connectivity index (χ2n) is 6.46. The van der Waals surface area contributed by atoms with Crippen molar-refractivity contribution in [3.05, 3.63) is 56.0 Å². The third-order valence-corrected chi connectivity index (χ3v) is 4.94. The molecule has 0 atom stereocenters. The minimum Gasteiger partial charge on any atom is -0.493 e. The number of amides is 1. The molecule has 2 aromatic rings. The van der Waals surface area contributed by atoms with E-state index in [2.05, 4.69) is 26.5 Å². The Morgan fingerprint density at radius 2 is 2.00 bits per heavy atom. The maximum absolute atomic E-state index is 11.7. The van der Waals surface area contributed by atoms with E-state index in [0.29, 0.717) is 39.0 Å². The Balaban J connectivity index is 2.09. The molecule has 2 rings (SSSR count). The third-order valence-electron chi connectivity index (χ3n) is 3.62. The van der Waals surface area contributed by atoms with Gasteiger partial charge >= 0.3 is 0 Å². The molecular formula is C20H21BrCl2N2O3. The lowest BCUT2D eigenvalue weighted by atomic mass is 10.1. The molecule has 0 fully saturated rings. The highest BCUT2D eigenvalue weighted by atomic mass is 79.9. The Morgan fingerprint density at radius 1 is 1.25 bits per heavy atom. The second kappa shape index (κ2) is 10.7. The topological polar surface area (TPSA) is 59.9 Å². The number of hydrogen-bond acceptors (Lipinski definition) is 4. The lowest BCUT2D eigenvalue weighted by molar-refractivity contribution is -0.121. The molecule has 150 valence electrons. The molecule has 0 aliphatic rings. The fraction of sp³-hybridized carbons (Fsp3) is 0.300. The van der Waals surface area contributed by atoms with Gasteiger partial charge in [-0.3, -0.25) is 4.79 Å². The molecule has 0 saturated carbocycles. The number of carbonyl (C=O) groups is 1. The number of benzene rings is 2. The minimum atomic E-state index is -0.126. The van der Waals surface area contributed by atoms with Crippen molar-refractivity contribution in [2.75, 3.05) is 7.11 Å². The van der Waals surface area contributed by atoms with E-state index in [1.54, 1.807) is 31.5 Å². The first-order valence-corrected chi connectivity index (χ1v) is 10.1. The first kappa shape index (κ1) is 22.5. The van der Waals surface area contributed by atoms with Crippen molar-refractivity contribution in [1.82, 2.24) is 5.43 Å². The number of carbonyl (C=O) groups excluding carboxylic acids is 1. The summed E-state index contributed by atoms with van der Waals surface area (Å²) < 4.78 is 12.0. The van der Waals surface area contributed by atoms with Gasteiger partial charge in [0.05, 0.1) is 27.8 Å². The van der Waals surface area contributed by atoms with Crippen LogP contribution in [0.1, 0.15) is 31.4 Å². The van der Waals surface area contributed by atoms with Gasteiger partial charge < -0.3 is 9.47 Å². The molecule has 0 spiro atoms. The Kier molecular flexibility index (Phi) is 8.60. The quantitative estimate of drug-likeness (QED) is 0.375. The monoisotopic (exact) mass is 486 g/mol. The summed E-state index contributed by atoms with van der Waals surface area (Å²) in [6, 6.07) is 8.92. The number of ether oxygens (including phenoxy) is 2. The highest BCUT2D eigenvalue weighted by molar-refractivity contribution is 9.10. The molecule has 0 aromatic heterocycles. The molecule has 0 radical (unpaired) electrons. The highest BCUT2D eigenvalue weighted by Gasteiger charge is 2.12. The van der Waals surface area contributed by atoms with Crippen molar-refractivity contribution in [3.63, 3.8) is 0 Å². The summed E-state index contributed by atoms with van der Waals surface area (Å²) in [6.45, 7) is 4.24. The van der Waals surface area contributed by atoms with Crippen molar-refractivity contribution >= 4 is 51.3 Å². The van der Waals surface area contributed by atoms with Crippen LogP contribution in [-0.4, -0.2) is 19.2 Å². The fourth-order valence-corrected chi connectivity index (χ4v) is 3.23. The smallest absolute Gasteiger partial charge is 0.240 e. The van der Waals surface area contributed by atoms with Crippen LogP contribution in [-0.2, 0) is 11.4 Å². The number of nitrogens with one attached hydrogen (secondary N) is 1. The number of hydrogen-bond donors (Lipinski definition) is 1. The van der Waals surface area contributed by atoms with Crippen molar-refractivity contribution in [2.24, 2.45) is 11.0 Å². The van der Waals surface area contributed by atoms with E-state index in [-0.39, 0.29) is 11.8 Å². The number of hydrazone groups is 1. The predicted octanol–water partition coefficient (Wildman–Crippen LogP) is 5.84. The summed E-state index contributed by atoms with van der Waals surface area (Å²) in [7, 11) is 1.55. The Labute approximate surface area is 183 Å². The summed E-state index contributed by atoms with van der Waals surface area (Å²) in [5.74, 6) is 1.23. The molecule has 0 unspecified atom stereocenters. The van der Waals surface area contributed by atoms with Crippen LogP contribution < -0.4 is 14.9 Å². The Hall–Kier alpha value is -1.76. The van der Waals surface area contributed by atoms with Gasteiger partial charge in [0.2, 0.25) is 5.91 Å². The van der Waals surface area contributed by atoms with Crippen LogP contribution in [0.5, 0.6) is 11.5 Å². The van der Waals surface area contributed by atoms with Crippen LogP contribution in [0.15, 0.2) is 39.9 Å². The lowest BCUT2D eigenvalue weighted by Gasteiger charge is -2.14. The van der Waals surface area contributed by atoms with Gasteiger partial charge in [0.25, 0.3) is 0 Å². The van der Waals surface area contributed by atoms with Crippen LogP contribution >= 0.6 is 39.1 Å². The van der Waals surface area contributed by atoms with E-state index in [0.717, 1.165) is 11.1 Å². The van der Waals surface area contributed by atoms with Crippen molar-refractivity contribution < 1.29 is 14.3 Å². The van der Waals surface area contributed by atoms with Crippen molar-refractivity contribution in [1.29, 1.82) is 0 Å². The van der Waals surface area contributed by atoms with Gasteiger partial charge in [-0.2, -0.15) is 5.10 Å². The number of nitrogens with zero attached hydrogens (tertiary/aromatic N) is 1. The molecule has 2 aromatic carbocycles. The minimum absolute atomic E-state index is 0.126. The first-order valence-electron chi connectivity index (χ1n) is 8.56. The molecule has 0 aliphatic carbocycles. The van der Waals surface area contributed by atoms with Gasteiger partial charge in [-0.15, -0.1) is 0 Å². The van der Waals surface area contributed by atoms with E-state index in [4.69, 9.17) is 32.7 Å². The van der Waals surface area contributed by atoms with E-state index >= 15 is 0 Å². The number of methoxy groups -OCH3 is 1. The maximum atomic E-state index is 11.7. The van der Waals surface area contributed by atoms with E-state index in [1.807, 2.05) is 26.0 Å². The largest absolute Gasteiger partial charge is 0.493 e. The fourth-order valence-electron chi connectivity index (χ4n) is 2.33. The van der Waals surface area contributed by atoms with Gasteiger partial charge in [-0.25, -0.2) is 5.43 Å². The molecule has 1 amide bonds. The Morgan fingerprint density at radius 3 is 2.64 bits per heavy atom. The highest BCUT2D eigenvalue weighted by Crippen LogP contribution is 2.37. The molecule has 0 aliphatic heterocycles. The van der Waals surface area contributed by atoms with Crippen LogP contribution in [0.2, 0.25) is 10.0 Å². The molecule has 0 bridgehead atoms. The van der Waals surface area contributed by atoms with Crippen molar-refractivity contribution in [3.8, 4) is 11.5 Å². The molecule has 0 saturated heterocycles. The standard InChI is InChI=1S/C20H21BrCl2N2O3/c1-12(2)6-19(26)25-24-10-14-7-15(21)20(18(9-14)27-3)28-11-13-4-5-16(22)17(23)8-13/h4-5,7-10,12H,6,11H2,1-3H3,(H,25,26)/b24-10-. The molecule has 1 N–H and O–H groups in total. The normalized spacial score (nSPS) is 11.1. The molecular weight excluding hydrogens is 467 g/mol. The zero-order chi connectivity index (χ0) is 20.7. The number of rotatable bonds is 8. The zero-order valence-corrected chi connectivity index (χ0v) is 18.9. The van der Waals surface area contributed by atoms with Crippen molar-refractivity contribution in [2.45, 2.75) is 26.9 Å². The van der Waals surface area contributed by atoms with Crippen LogP contribution in [0.3, 0.4) is 0 Å². The zero-order valence-electron chi connectivity index (χ0n) is 15.8. The van der Waals surface area contributed by atoms with Gasteiger partial charge in [-0.05, 0) is 57.2 Å². The SMILES string of the molecule is COc1cc(/C=N\NC(=O)CC(C)C)cc(Br)c1OCc1ccc(Cl)c(Cl)c1. The first-order chi connectivity index (χ1) is 13.3. The average molecular weight is 488 g/mol.